The summed E-state index contributed by atoms with van der Waals surface area (Å²) < 4.78 is 42.6. The van der Waals surface area contributed by atoms with Crippen LogP contribution in [0.3, 0.4) is 0 Å². The van der Waals surface area contributed by atoms with Crippen LogP contribution >= 0.6 is 0 Å². The molecule has 8 nitrogen and oxygen atoms in total. The van der Waals surface area contributed by atoms with Gasteiger partial charge in [0.1, 0.15) is 17.4 Å². The number of hydrogen-bond donors (Lipinski definition) is 2. The largest absolute Gasteiger partial charge is 0.507 e. The SMILES string of the molecule is C=Cc1cnn2c(NCC3CCCN(S(=O)(=O)c4ccc(F)cc4)C3)cc(-c3ccccc3O)nc12. The Morgan fingerprint density at radius 1 is 1.19 bits per heavy atom. The van der Waals surface area contributed by atoms with E-state index in [2.05, 4.69) is 17.0 Å². The summed E-state index contributed by atoms with van der Waals surface area (Å²) in [6.07, 6.45) is 4.93. The third-order valence-electron chi connectivity index (χ3n) is 6.40. The van der Waals surface area contributed by atoms with Crippen molar-refractivity contribution in [2.45, 2.75) is 17.7 Å². The number of piperidine rings is 1. The zero-order chi connectivity index (χ0) is 25.3. The Bertz CT molecular complexity index is 1520. The molecule has 0 saturated carbocycles. The molecule has 5 rings (SSSR count). The number of aromatic hydroxyl groups is 1. The highest BCUT2D eigenvalue weighted by Crippen LogP contribution is 2.31. The average molecular weight is 508 g/mol. The van der Waals surface area contributed by atoms with Crippen molar-refractivity contribution in [2.75, 3.05) is 25.0 Å². The number of hydrogen-bond acceptors (Lipinski definition) is 6. The fourth-order valence-electron chi connectivity index (χ4n) is 4.49. The number of nitrogens with zero attached hydrogens (tertiary/aromatic N) is 4. The Morgan fingerprint density at radius 2 is 1.97 bits per heavy atom. The second-order valence-electron chi connectivity index (χ2n) is 8.79. The molecule has 186 valence electrons. The molecule has 0 aliphatic carbocycles. The van der Waals surface area contributed by atoms with E-state index in [1.165, 1.54) is 16.4 Å². The minimum atomic E-state index is -3.70. The maximum absolute atomic E-state index is 13.3. The van der Waals surface area contributed by atoms with Crippen LogP contribution in [0, 0.1) is 11.7 Å². The van der Waals surface area contributed by atoms with Gasteiger partial charge in [0.05, 0.1) is 16.8 Å². The highest BCUT2D eigenvalue weighted by molar-refractivity contribution is 7.89. The van der Waals surface area contributed by atoms with Gasteiger partial charge in [-0.15, -0.1) is 0 Å². The van der Waals surface area contributed by atoms with E-state index in [-0.39, 0.29) is 16.6 Å². The minimum absolute atomic E-state index is 0.0557. The summed E-state index contributed by atoms with van der Waals surface area (Å²) in [5, 5.41) is 18.2. The van der Waals surface area contributed by atoms with Gasteiger partial charge in [-0.05, 0) is 55.2 Å². The van der Waals surface area contributed by atoms with E-state index >= 15 is 0 Å². The quantitative estimate of drug-likeness (QED) is 0.385. The van der Waals surface area contributed by atoms with Crippen molar-refractivity contribution in [1.29, 1.82) is 0 Å². The van der Waals surface area contributed by atoms with Crippen LogP contribution in [0.2, 0.25) is 0 Å². The van der Waals surface area contributed by atoms with E-state index in [0.29, 0.717) is 42.4 Å². The molecule has 1 aliphatic heterocycles. The van der Waals surface area contributed by atoms with E-state index in [9.17, 15) is 17.9 Å². The summed E-state index contributed by atoms with van der Waals surface area (Å²) in [5.41, 5.74) is 2.52. The van der Waals surface area contributed by atoms with Gasteiger partial charge < -0.3 is 10.4 Å². The molecule has 2 N–H and O–H groups in total. The number of phenolic OH excluding ortho intramolecular Hbond substituents is 1. The van der Waals surface area contributed by atoms with Crippen LogP contribution in [0.5, 0.6) is 5.75 Å². The van der Waals surface area contributed by atoms with Crippen molar-refractivity contribution >= 4 is 27.6 Å². The van der Waals surface area contributed by atoms with Gasteiger partial charge in [-0.3, -0.25) is 0 Å². The first-order chi connectivity index (χ1) is 17.4. The van der Waals surface area contributed by atoms with Crippen molar-refractivity contribution in [3.63, 3.8) is 0 Å². The molecule has 2 aromatic heterocycles. The zero-order valence-electron chi connectivity index (χ0n) is 19.5. The lowest BCUT2D eigenvalue weighted by molar-refractivity contribution is 0.275. The van der Waals surface area contributed by atoms with Crippen molar-refractivity contribution < 1.29 is 17.9 Å². The Balaban J connectivity index is 1.39. The highest BCUT2D eigenvalue weighted by atomic mass is 32.2. The van der Waals surface area contributed by atoms with E-state index in [0.717, 1.165) is 30.5 Å². The molecule has 10 heteroatoms. The molecule has 1 unspecified atom stereocenters. The summed E-state index contributed by atoms with van der Waals surface area (Å²) in [6, 6.07) is 13.7. The number of para-hydroxylation sites is 1. The smallest absolute Gasteiger partial charge is 0.243 e. The molecule has 0 bridgehead atoms. The first-order valence-electron chi connectivity index (χ1n) is 11.7. The van der Waals surface area contributed by atoms with Gasteiger partial charge in [-0.25, -0.2) is 17.8 Å². The van der Waals surface area contributed by atoms with Gasteiger partial charge in [0, 0.05) is 36.8 Å². The minimum Gasteiger partial charge on any atom is -0.507 e. The van der Waals surface area contributed by atoms with Gasteiger partial charge in [0.15, 0.2) is 5.65 Å². The number of rotatable bonds is 7. The number of sulfonamides is 1. The van der Waals surface area contributed by atoms with E-state index in [1.807, 2.05) is 12.1 Å². The maximum Gasteiger partial charge on any atom is 0.243 e. The predicted molar refractivity (Wildman–Crippen MR) is 137 cm³/mol. The van der Waals surface area contributed by atoms with Crippen LogP contribution in [0.1, 0.15) is 18.4 Å². The van der Waals surface area contributed by atoms with Gasteiger partial charge in [-0.2, -0.15) is 13.9 Å². The van der Waals surface area contributed by atoms with Crippen molar-refractivity contribution in [2.24, 2.45) is 5.92 Å². The Hall–Kier alpha value is -3.76. The number of halogens is 1. The number of anilines is 1. The van der Waals surface area contributed by atoms with Crippen LogP contribution in [-0.4, -0.2) is 52.1 Å². The molecule has 4 aromatic rings. The summed E-state index contributed by atoms with van der Waals surface area (Å²) in [6.45, 7) is 5.13. The summed E-state index contributed by atoms with van der Waals surface area (Å²) >= 11 is 0. The molecule has 0 amide bonds. The molecule has 1 atom stereocenters. The maximum atomic E-state index is 13.3. The normalized spacial score (nSPS) is 16.8. The molecule has 1 aliphatic rings. The van der Waals surface area contributed by atoms with Crippen LogP contribution < -0.4 is 5.32 Å². The molecule has 1 fully saturated rings. The standard InChI is InChI=1S/C26H26FN5O3S/c1-2-19-16-29-32-25(14-23(30-26(19)32)22-7-3-4-8-24(22)33)28-15-18-6-5-13-31(17-18)36(34,35)21-11-9-20(27)10-12-21/h2-4,7-12,14,16,18,28,33H,1,5-6,13,15,17H2. The monoisotopic (exact) mass is 507 g/mol. The molecule has 3 heterocycles. The molecular weight excluding hydrogens is 481 g/mol. The first kappa shape index (κ1) is 24.0. The van der Waals surface area contributed by atoms with E-state index < -0.39 is 15.8 Å². The summed E-state index contributed by atoms with van der Waals surface area (Å²) in [7, 11) is -3.70. The molecule has 0 radical (unpaired) electrons. The highest BCUT2D eigenvalue weighted by Gasteiger charge is 2.30. The summed E-state index contributed by atoms with van der Waals surface area (Å²) in [5.74, 6) is 0.374. The van der Waals surface area contributed by atoms with Crippen molar-refractivity contribution in [3.8, 4) is 17.0 Å². The van der Waals surface area contributed by atoms with Crippen molar-refractivity contribution in [3.05, 3.63) is 78.8 Å². The van der Waals surface area contributed by atoms with Crippen LogP contribution in [0.4, 0.5) is 10.2 Å². The Kier molecular flexibility index (Phi) is 6.46. The molecule has 0 spiro atoms. The lowest BCUT2D eigenvalue weighted by Gasteiger charge is -2.32. The number of phenols is 1. The molecule has 1 saturated heterocycles. The third-order valence-corrected chi connectivity index (χ3v) is 8.28. The summed E-state index contributed by atoms with van der Waals surface area (Å²) in [4.78, 5) is 4.78. The second kappa shape index (κ2) is 9.71. The zero-order valence-corrected chi connectivity index (χ0v) is 20.3. The molecule has 36 heavy (non-hydrogen) atoms. The van der Waals surface area contributed by atoms with E-state index in [1.54, 1.807) is 35.0 Å². The van der Waals surface area contributed by atoms with E-state index in [4.69, 9.17) is 4.98 Å². The topological polar surface area (TPSA) is 99.8 Å². The van der Waals surface area contributed by atoms with Crippen LogP contribution in [-0.2, 0) is 10.0 Å². The van der Waals surface area contributed by atoms with Crippen LogP contribution in [0.25, 0.3) is 23.0 Å². The Morgan fingerprint density at radius 3 is 2.72 bits per heavy atom. The van der Waals surface area contributed by atoms with Gasteiger partial charge in [0.2, 0.25) is 10.0 Å². The van der Waals surface area contributed by atoms with Gasteiger partial charge >= 0.3 is 0 Å². The van der Waals surface area contributed by atoms with Crippen molar-refractivity contribution in [1.82, 2.24) is 18.9 Å². The third kappa shape index (κ3) is 4.57. The first-order valence-corrected chi connectivity index (χ1v) is 13.1. The number of benzene rings is 2. The van der Waals surface area contributed by atoms with Crippen LogP contribution in [0.15, 0.2) is 72.3 Å². The van der Waals surface area contributed by atoms with Gasteiger partial charge in [-0.1, -0.05) is 24.8 Å². The number of aromatic nitrogens is 3. The fraction of sp³-hybridized carbons (Fsp3) is 0.231. The number of nitrogens with one attached hydrogen (secondary N) is 1. The number of fused-ring (bicyclic) bond motifs is 1. The fourth-order valence-corrected chi connectivity index (χ4v) is 6.05. The second-order valence-corrected chi connectivity index (χ2v) is 10.7. The van der Waals surface area contributed by atoms with Gasteiger partial charge in [0.25, 0.3) is 0 Å². The molecule has 2 aromatic carbocycles. The average Bonchev–Trinajstić information content (AvgIpc) is 3.31. The lowest BCUT2D eigenvalue weighted by Crippen LogP contribution is -2.41. The predicted octanol–water partition coefficient (Wildman–Crippen LogP) is 4.40. The Labute approximate surface area is 208 Å². The lowest BCUT2D eigenvalue weighted by atomic mass is 10.00. The molecular formula is C26H26FN5O3S.